The Morgan fingerprint density at radius 3 is 1.65 bits per heavy atom. The first-order valence-corrected chi connectivity index (χ1v) is 7.49. The van der Waals surface area contributed by atoms with Crippen LogP contribution in [0.2, 0.25) is 0 Å². The summed E-state index contributed by atoms with van der Waals surface area (Å²) in [6.45, 7) is 1.75. The Balaban J connectivity index is 2.11. The summed E-state index contributed by atoms with van der Waals surface area (Å²) in [6, 6.07) is 0. The van der Waals surface area contributed by atoms with Crippen LogP contribution in [0.15, 0.2) is 0 Å². The average Bonchev–Trinajstić information content (AvgIpc) is 2.32. The van der Waals surface area contributed by atoms with Gasteiger partial charge in [-0.25, -0.2) is 0 Å². The van der Waals surface area contributed by atoms with Gasteiger partial charge in [-0.3, -0.25) is 4.79 Å². The van der Waals surface area contributed by atoms with E-state index in [-0.39, 0.29) is 0 Å². The number of carbonyl (C=O) groups excluding carboxylic acids is 1. The third-order valence-corrected chi connectivity index (χ3v) is 3.49. The van der Waals surface area contributed by atoms with Gasteiger partial charge >= 0.3 is 0 Å². The fourth-order valence-electron chi connectivity index (χ4n) is 2.34. The zero-order chi connectivity index (χ0) is 12.2. The predicted octanol–water partition coefficient (Wildman–Crippen LogP) is 4.27. The van der Waals surface area contributed by atoms with Gasteiger partial charge < -0.3 is 4.74 Å². The van der Waals surface area contributed by atoms with Gasteiger partial charge in [0, 0.05) is 26.1 Å². The van der Waals surface area contributed by atoms with Crippen molar-refractivity contribution in [2.24, 2.45) is 0 Å². The van der Waals surface area contributed by atoms with Gasteiger partial charge in [0.2, 0.25) is 0 Å². The summed E-state index contributed by atoms with van der Waals surface area (Å²) in [4.78, 5) is 11.5. The molecule has 0 bridgehead atoms. The van der Waals surface area contributed by atoms with E-state index in [0.29, 0.717) is 5.78 Å². The fourth-order valence-corrected chi connectivity index (χ4v) is 2.34. The van der Waals surface area contributed by atoms with Gasteiger partial charge in [0.05, 0.1) is 0 Å². The molecule has 0 unspecified atom stereocenters. The molecule has 0 aromatic heterocycles. The number of rotatable bonds is 0. The molecule has 0 atom stereocenters. The lowest BCUT2D eigenvalue weighted by Gasteiger charge is -2.06. The lowest BCUT2D eigenvalue weighted by molar-refractivity contribution is -0.119. The smallest absolute Gasteiger partial charge is 0.132 e. The lowest BCUT2D eigenvalue weighted by Crippen LogP contribution is -2.01. The zero-order valence-corrected chi connectivity index (χ0v) is 11.2. The van der Waals surface area contributed by atoms with Crippen molar-refractivity contribution in [2.75, 3.05) is 13.2 Å². The fraction of sp³-hybridized carbons (Fsp3) is 0.933. The molecule has 17 heavy (non-hydrogen) atoms. The first-order chi connectivity index (χ1) is 8.39. The molecular formula is C15H28O2. The van der Waals surface area contributed by atoms with Crippen molar-refractivity contribution in [2.45, 2.75) is 77.0 Å². The summed E-state index contributed by atoms with van der Waals surface area (Å²) in [5.41, 5.74) is 0. The van der Waals surface area contributed by atoms with Gasteiger partial charge in [0.25, 0.3) is 0 Å². The Labute approximate surface area is 106 Å². The number of hydrogen-bond acceptors (Lipinski definition) is 2. The minimum atomic E-state index is 0.456. The molecule has 100 valence electrons. The predicted molar refractivity (Wildman–Crippen MR) is 71.2 cm³/mol. The Hall–Kier alpha value is -0.370. The quantitative estimate of drug-likeness (QED) is 0.632. The molecule has 0 saturated carbocycles. The summed E-state index contributed by atoms with van der Waals surface area (Å²) in [5, 5.41) is 0. The normalized spacial score (nSPS) is 23.4. The van der Waals surface area contributed by atoms with Crippen molar-refractivity contribution in [3.05, 3.63) is 0 Å². The number of Topliss-reactive ketones (excluding diaryl/α,β-unsaturated/α-hetero) is 1. The first kappa shape index (κ1) is 14.7. The minimum absolute atomic E-state index is 0.456. The maximum atomic E-state index is 11.5. The monoisotopic (exact) mass is 240 g/mol. The van der Waals surface area contributed by atoms with Crippen LogP contribution in [0, 0.1) is 0 Å². The number of ether oxygens (including phenoxy) is 1. The van der Waals surface area contributed by atoms with E-state index >= 15 is 0 Å². The minimum Gasteiger partial charge on any atom is -0.381 e. The highest BCUT2D eigenvalue weighted by Gasteiger charge is 2.02. The number of ketones is 1. The van der Waals surface area contributed by atoms with Crippen molar-refractivity contribution in [1.29, 1.82) is 0 Å². The van der Waals surface area contributed by atoms with E-state index in [4.69, 9.17) is 4.74 Å². The van der Waals surface area contributed by atoms with Gasteiger partial charge in [-0.2, -0.15) is 0 Å². The van der Waals surface area contributed by atoms with Gasteiger partial charge in [-0.15, -0.1) is 0 Å². The molecule has 2 heteroatoms. The molecule has 1 saturated heterocycles. The van der Waals surface area contributed by atoms with Crippen LogP contribution in [0.25, 0.3) is 0 Å². The third kappa shape index (κ3) is 9.34. The van der Waals surface area contributed by atoms with E-state index in [0.717, 1.165) is 45.3 Å². The van der Waals surface area contributed by atoms with Crippen molar-refractivity contribution in [3.8, 4) is 0 Å². The van der Waals surface area contributed by atoms with E-state index in [1.165, 1.54) is 44.9 Å². The molecule has 1 aliphatic heterocycles. The van der Waals surface area contributed by atoms with Gasteiger partial charge in [-0.05, 0) is 25.7 Å². The van der Waals surface area contributed by atoms with E-state index < -0.39 is 0 Å². The number of hydrogen-bond donors (Lipinski definition) is 0. The van der Waals surface area contributed by atoms with Crippen LogP contribution in [0.5, 0.6) is 0 Å². The SMILES string of the molecule is O=C1CCCCCCCCCCOCCCC1. The van der Waals surface area contributed by atoms with Crippen LogP contribution in [0.3, 0.4) is 0 Å². The number of carbonyl (C=O) groups is 1. The standard InChI is InChI=1S/C15H28O2/c16-15-11-7-5-3-1-2-4-6-9-13-17-14-10-8-12-15/h1-14H2. The van der Waals surface area contributed by atoms with Crippen LogP contribution in [0.1, 0.15) is 77.0 Å². The van der Waals surface area contributed by atoms with Crippen molar-refractivity contribution in [1.82, 2.24) is 0 Å². The van der Waals surface area contributed by atoms with Gasteiger partial charge in [0.15, 0.2) is 0 Å². The zero-order valence-electron chi connectivity index (χ0n) is 11.2. The highest BCUT2D eigenvalue weighted by molar-refractivity contribution is 5.78. The van der Waals surface area contributed by atoms with E-state index in [9.17, 15) is 4.79 Å². The maximum absolute atomic E-state index is 11.5. The molecule has 1 fully saturated rings. The molecule has 1 aliphatic rings. The van der Waals surface area contributed by atoms with Crippen LogP contribution in [-0.4, -0.2) is 19.0 Å². The molecule has 1 heterocycles. The van der Waals surface area contributed by atoms with Crippen molar-refractivity contribution in [3.63, 3.8) is 0 Å². The molecule has 1 rings (SSSR count). The molecule has 0 N–H and O–H groups in total. The molecule has 2 nitrogen and oxygen atoms in total. The summed E-state index contributed by atoms with van der Waals surface area (Å²) < 4.78 is 5.56. The second-order valence-electron chi connectivity index (χ2n) is 5.19. The van der Waals surface area contributed by atoms with E-state index in [2.05, 4.69) is 0 Å². The molecule has 0 aromatic carbocycles. The van der Waals surface area contributed by atoms with Crippen LogP contribution in [0.4, 0.5) is 0 Å². The van der Waals surface area contributed by atoms with Crippen LogP contribution >= 0.6 is 0 Å². The molecular weight excluding hydrogens is 212 g/mol. The Bertz CT molecular complexity index is 171. The second-order valence-corrected chi connectivity index (χ2v) is 5.19. The van der Waals surface area contributed by atoms with Crippen molar-refractivity contribution < 1.29 is 9.53 Å². The summed E-state index contributed by atoms with van der Waals surface area (Å²) in [6.07, 6.45) is 13.9. The van der Waals surface area contributed by atoms with Crippen LogP contribution in [-0.2, 0) is 9.53 Å². The van der Waals surface area contributed by atoms with Crippen LogP contribution < -0.4 is 0 Å². The van der Waals surface area contributed by atoms with E-state index in [1.807, 2.05) is 0 Å². The Kier molecular flexibility index (Phi) is 9.30. The highest BCUT2D eigenvalue weighted by Crippen LogP contribution is 2.11. The van der Waals surface area contributed by atoms with Gasteiger partial charge in [-0.1, -0.05) is 38.5 Å². The molecule has 0 aromatic rings. The largest absolute Gasteiger partial charge is 0.381 e. The summed E-state index contributed by atoms with van der Waals surface area (Å²) in [5.74, 6) is 0.456. The van der Waals surface area contributed by atoms with Gasteiger partial charge in [0.1, 0.15) is 5.78 Å². The molecule has 0 amide bonds. The topological polar surface area (TPSA) is 26.3 Å². The second kappa shape index (κ2) is 10.8. The molecule has 0 aliphatic carbocycles. The summed E-state index contributed by atoms with van der Waals surface area (Å²) in [7, 11) is 0. The van der Waals surface area contributed by atoms with E-state index in [1.54, 1.807) is 0 Å². The maximum Gasteiger partial charge on any atom is 0.132 e. The summed E-state index contributed by atoms with van der Waals surface area (Å²) >= 11 is 0. The highest BCUT2D eigenvalue weighted by atomic mass is 16.5. The Morgan fingerprint density at radius 2 is 1.00 bits per heavy atom. The average molecular weight is 240 g/mol. The third-order valence-electron chi connectivity index (χ3n) is 3.49. The molecule has 0 spiro atoms. The lowest BCUT2D eigenvalue weighted by atomic mass is 10.0. The molecule has 0 radical (unpaired) electrons. The first-order valence-electron chi connectivity index (χ1n) is 7.49. The van der Waals surface area contributed by atoms with Crippen molar-refractivity contribution >= 4 is 5.78 Å². The Morgan fingerprint density at radius 1 is 0.588 bits per heavy atom.